The molecule has 1 aromatic heterocycles. The van der Waals surface area contributed by atoms with Crippen LogP contribution >= 0.6 is 23.2 Å². The molecule has 0 aliphatic rings. The molecule has 0 aliphatic heterocycles. The van der Waals surface area contributed by atoms with Crippen LogP contribution in [0, 0.1) is 0 Å². The number of rotatable bonds is 6. The summed E-state index contributed by atoms with van der Waals surface area (Å²) in [5.74, 6) is -0.445. The van der Waals surface area contributed by atoms with E-state index in [1.54, 1.807) is 49.4 Å². The molecule has 0 aliphatic carbocycles. The molecule has 2 aromatic carbocycles. The van der Waals surface area contributed by atoms with Gasteiger partial charge in [-0.05, 0) is 30.7 Å². The fourth-order valence-electron chi connectivity index (χ4n) is 2.43. The van der Waals surface area contributed by atoms with Gasteiger partial charge >= 0.3 is 5.97 Å². The monoisotopic (exact) mass is 391 g/mol. The van der Waals surface area contributed by atoms with Gasteiger partial charge in [0.2, 0.25) is 11.8 Å². The number of carboxylic acid groups (broad SMARTS) is 1. The van der Waals surface area contributed by atoms with Gasteiger partial charge in [0, 0.05) is 5.56 Å². The summed E-state index contributed by atoms with van der Waals surface area (Å²) < 4.78 is 5.66. The van der Waals surface area contributed by atoms with Crippen molar-refractivity contribution in [3.63, 3.8) is 0 Å². The summed E-state index contributed by atoms with van der Waals surface area (Å²) in [4.78, 5) is 11.6. The maximum absolute atomic E-state index is 11.6. The number of aromatic nitrogens is 2. The lowest BCUT2D eigenvalue weighted by Gasteiger charge is -2.18. The molecular formula is C18H15Cl2N3O3. The Bertz CT molecular complexity index is 915. The zero-order valence-electron chi connectivity index (χ0n) is 13.7. The molecule has 0 spiro atoms. The van der Waals surface area contributed by atoms with Crippen molar-refractivity contribution >= 4 is 29.2 Å². The number of aliphatic carboxylic acids is 1. The molecule has 2 N–H and O–H groups in total. The molecule has 3 aromatic rings. The average Bonchev–Trinajstić information content (AvgIpc) is 3.12. The van der Waals surface area contributed by atoms with Crippen molar-refractivity contribution in [2.75, 3.05) is 0 Å². The first kappa shape index (κ1) is 18.4. The Labute approximate surface area is 159 Å². The van der Waals surface area contributed by atoms with Gasteiger partial charge < -0.3 is 9.52 Å². The quantitative estimate of drug-likeness (QED) is 0.641. The van der Waals surface area contributed by atoms with Gasteiger partial charge in [-0.15, -0.1) is 10.2 Å². The standard InChI is InChI=1S/C18H15Cl2N3O3/c1-10(21-15(18(24)25)11-5-3-2-4-6-11)16-22-23-17(26-16)12-7-8-13(19)14(20)9-12/h2-10,15,21H,1H3,(H,24,25). The highest BCUT2D eigenvalue weighted by atomic mass is 35.5. The number of hydrogen-bond donors (Lipinski definition) is 2. The van der Waals surface area contributed by atoms with Crippen LogP contribution in [-0.2, 0) is 4.79 Å². The molecule has 0 bridgehead atoms. The molecule has 1 heterocycles. The van der Waals surface area contributed by atoms with E-state index in [4.69, 9.17) is 27.6 Å². The molecule has 3 rings (SSSR count). The molecule has 8 heteroatoms. The largest absolute Gasteiger partial charge is 0.480 e. The van der Waals surface area contributed by atoms with E-state index < -0.39 is 18.1 Å². The van der Waals surface area contributed by atoms with Crippen molar-refractivity contribution in [3.8, 4) is 11.5 Å². The minimum atomic E-state index is -0.993. The smallest absolute Gasteiger partial charge is 0.325 e. The van der Waals surface area contributed by atoms with Crippen LogP contribution in [-0.4, -0.2) is 21.3 Å². The number of carbonyl (C=O) groups is 1. The lowest BCUT2D eigenvalue weighted by Crippen LogP contribution is -2.30. The highest BCUT2D eigenvalue weighted by Gasteiger charge is 2.25. The van der Waals surface area contributed by atoms with Gasteiger partial charge in [0.15, 0.2) is 0 Å². The third-order valence-electron chi connectivity index (χ3n) is 3.77. The Hall–Kier alpha value is -2.41. The minimum absolute atomic E-state index is 0.272. The number of hydrogen-bond acceptors (Lipinski definition) is 5. The SMILES string of the molecule is CC(NC(C(=O)O)c1ccccc1)c1nnc(-c2ccc(Cl)c(Cl)c2)o1. The first-order chi connectivity index (χ1) is 12.5. The second-order valence-electron chi connectivity index (χ2n) is 5.64. The highest BCUT2D eigenvalue weighted by Crippen LogP contribution is 2.29. The van der Waals surface area contributed by atoms with Crippen LogP contribution in [0.25, 0.3) is 11.5 Å². The molecule has 0 saturated heterocycles. The summed E-state index contributed by atoms with van der Waals surface area (Å²) in [5.41, 5.74) is 1.26. The Morgan fingerprint density at radius 1 is 1.12 bits per heavy atom. The summed E-state index contributed by atoms with van der Waals surface area (Å²) in [6, 6.07) is 12.5. The third kappa shape index (κ3) is 4.04. The summed E-state index contributed by atoms with van der Waals surface area (Å²) in [6.45, 7) is 1.75. The first-order valence-corrected chi connectivity index (χ1v) is 8.54. The van der Waals surface area contributed by atoms with Gasteiger partial charge in [0.25, 0.3) is 0 Å². The van der Waals surface area contributed by atoms with E-state index in [0.29, 0.717) is 21.2 Å². The van der Waals surface area contributed by atoms with Crippen LogP contribution in [0.5, 0.6) is 0 Å². The molecule has 0 saturated carbocycles. The number of benzene rings is 2. The van der Waals surface area contributed by atoms with Gasteiger partial charge in [-0.3, -0.25) is 10.1 Å². The number of nitrogens with zero attached hydrogens (tertiary/aromatic N) is 2. The zero-order chi connectivity index (χ0) is 18.7. The fraction of sp³-hybridized carbons (Fsp3) is 0.167. The van der Waals surface area contributed by atoms with Crippen LogP contribution in [0.15, 0.2) is 52.9 Å². The topological polar surface area (TPSA) is 88.2 Å². The Morgan fingerprint density at radius 2 is 1.85 bits per heavy atom. The Kier molecular flexibility index (Phi) is 5.56. The van der Waals surface area contributed by atoms with Gasteiger partial charge in [0.05, 0.1) is 16.1 Å². The molecule has 2 unspecified atom stereocenters. The van der Waals surface area contributed by atoms with E-state index in [2.05, 4.69) is 15.5 Å². The second-order valence-corrected chi connectivity index (χ2v) is 6.46. The number of halogens is 2. The molecule has 134 valence electrons. The Balaban J connectivity index is 1.80. The van der Waals surface area contributed by atoms with Crippen molar-refractivity contribution < 1.29 is 14.3 Å². The summed E-state index contributed by atoms with van der Waals surface area (Å²) in [5, 5.41) is 21.3. The second kappa shape index (κ2) is 7.86. The highest BCUT2D eigenvalue weighted by molar-refractivity contribution is 6.42. The molecular weight excluding hydrogens is 377 g/mol. The lowest BCUT2D eigenvalue weighted by atomic mass is 10.1. The average molecular weight is 392 g/mol. The van der Waals surface area contributed by atoms with Crippen molar-refractivity contribution in [1.29, 1.82) is 0 Å². The fourth-order valence-corrected chi connectivity index (χ4v) is 2.73. The third-order valence-corrected chi connectivity index (χ3v) is 4.51. The molecule has 0 radical (unpaired) electrons. The zero-order valence-corrected chi connectivity index (χ0v) is 15.2. The molecule has 26 heavy (non-hydrogen) atoms. The van der Waals surface area contributed by atoms with Crippen molar-refractivity contribution in [3.05, 3.63) is 70.0 Å². The number of carboxylic acids is 1. The minimum Gasteiger partial charge on any atom is -0.480 e. The van der Waals surface area contributed by atoms with E-state index >= 15 is 0 Å². The first-order valence-electron chi connectivity index (χ1n) is 7.78. The lowest BCUT2D eigenvalue weighted by molar-refractivity contribution is -0.139. The van der Waals surface area contributed by atoms with E-state index in [9.17, 15) is 9.90 Å². The van der Waals surface area contributed by atoms with E-state index in [0.717, 1.165) is 0 Å². The maximum atomic E-state index is 11.6. The van der Waals surface area contributed by atoms with E-state index in [-0.39, 0.29) is 11.8 Å². The van der Waals surface area contributed by atoms with Gasteiger partial charge in [-0.1, -0.05) is 53.5 Å². The number of nitrogens with one attached hydrogen (secondary N) is 1. The van der Waals surface area contributed by atoms with Crippen LogP contribution < -0.4 is 5.32 Å². The van der Waals surface area contributed by atoms with Gasteiger partial charge in [-0.25, -0.2) is 0 Å². The van der Waals surface area contributed by atoms with Crippen molar-refractivity contribution in [2.45, 2.75) is 19.0 Å². The molecule has 6 nitrogen and oxygen atoms in total. The van der Waals surface area contributed by atoms with Crippen LogP contribution in [0.2, 0.25) is 10.0 Å². The predicted octanol–water partition coefficient (Wildman–Crippen LogP) is 4.52. The van der Waals surface area contributed by atoms with Gasteiger partial charge in [-0.2, -0.15) is 0 Å². The van der Waals surface area contributed by atoms with Crippen LogP contribution in [0.1, 0.15) is 30.5 Å². The van der Waals surface area contributed by atoms with E-state index in [1.165, 1.54) is 0 Å². The summed E-state index contributed by atoms with van der Waals surface area (Å²) in [6.07, 6.45) is 0. The van der Waals surface area contributed by atoms with Crippen LogP contribution in [0.4, 0.5) is 0 Å². The molecule has 0 amide bonds. The predicted molar refractivity (Wildman–Crippen MR) is 98.1 cm³/mol. The van der Waals surface area contributed by atoms with E-state index in [1.807, 2.05) is 6.07 Å². The van der Waals surface area contributed by atoms with Crippen molar-refractivity contribution in [2.24, 2.45) is 0 Å². The summed E-state index contributed by atoms with van der Waals surface area (Å²) >= 11 is 11.9. The summed E-state index contributed by atoms with van der Waals surface area (Å²) in [7, 11) is 0. The molecule has 0 fully saturated rings. The molecule has 2 atom stereocenters. The van der Waals surface area contributed by atoms with Crippen LogP contribution in [0.3, 0.4) is 0 Å². The normalized spacial score (nSPS) is 13.3. The maximum Gasteiger partial charge on any atom is 0.325 e. The van der Waals surface area contributed by atoms with Gasteiger partial charge in [0.1, 0.15) is 6.04 Å². The van der Waals surface area contributed by atoms with Crippen molar-refractivity contribution in [1.82, 2.24) is 15.5 Å². The Morgan fingerprint density at radius 3 is 2.50 bits per heavy atom.